The second-order valence-corrected chi connectivity index (χ2v) is 9.48. The lowest BCUT2D eigenvalue weighted by atomic mass is 10.0. The molecule has 3 heterocycles. The third-order valence-electron chi connectivity index (χ3n) is 5.82. The van der Waals surface area contributed by atoms with E-state index in [1.807, 2.05) is 43.5 Å². The first-order valence-electron chi connectivity index (χ1n) is 11.1. The predicted molar refractivity (Wildman–Crippen MR) is 132 cm³/mol. The Morgan fingerprint density at radius 1 is 1.09 bits per heavy atom. The lowest BCUT2D eigenvalue weighted by Gasteiger charge is -2.26. The van der Waals surface area contributed by atoms with Crippen LogP contribution in [0.1, 0.15) is 41.0 Å². The number of nitrogens with one attached hydrogen (secondary N) is 1. The maximum absolute atomic E-state index is 13.4. The molecule has 178 valence electrons. The molecule has 9 nitrogen and oxygen atoms in total. The largest absolute Gasteiger partial charge is 0.497 e. The fraction of sp³-hybridized carbons (Fsp3) is 0.240. The number of hydrogen-bond donors (Lipinski definition) is 1. The van der Waals surface area contributed by atoms with Gasteiger partial charge in [0.05, 0.1) is 23.9 Å². The molecule has 35 heavy (non-hydrogen) atoms. The Hall–Kier alpha value is -4.05. The zero-order chi connectivity index (χ0) is 24.7. The Morgan fingerprint density at radius 3 is 2.46 bits per heavy atom. The molecule has 5 rings (SSSR count). The minimum atomic E-state index is -0.984. The SMILES string of the molecule is COc1cccc(-c2csc3nc(NC(=O)C(CC(C)C)N4C(=O)c5ccccc5C4=O)nn23)c1. The van der Waals surface area contributed by atoms with Crippen LogP contribution in [0.3, 0.4) is 0 Å². The summed E-state index contributed by atoms with van der Waals surface area (Å²) in [5, 5.41) is 9.11. The van der Waals surface area contributed by atoms with E-state index in [-0.39, 0.29) is 11.9 Å². The van der Waals surface area contributed by atoms with Crippen LogP contribution in [0, 0.1) is 5.92 Å². The number of methoxy groups -OCH3 is 1. The normalized spacial score (nSPS) is 14.0. The van der Waals surface area contributed by atoms with Gasteiger partial charge in [0, 0.05) is 10.9 Å². The van der Waals surface area contributed by atoms with Gasteiger partial charge in [0.2, 0.25) is 10.9 Å². The molecule has 10 heteroatoms. The van der Waals surface area contributed by atoms with Crippen molar-refractivity contribution in [2.24, 2.45) is 5.92 Å². The van der Waals surface area contributed by atoms with E-state index in [0.29, 0.717) is 28.3 Å². The highest BCUT2D eigenvalue weighted by Crippen LogP contribution is 2.30. The van der Waals surface area contributed by atoms with Crippen molar-refractivity contribution in [2.75, 3.05) is 12.4 Å². The lowest BCUT2D eigenvalue weighted by Crippen LogP contribution is -2.48. The van der Waals surface area contributed by atoms with E-state index in [1.54, 1.807) is 35.9 Å². The molecule has 3 amide bonds. The highest BCUT2D eigenvalue weighted by molar-refractivity contribution is 7.15. The monoisotopic (exact) mass is 489 g/mol. The summed E-state index contributed by atoms with van der Waals surface area (Å²) in [5.74, 6) is -0.553. The first kappa shape index (κ1) is 22.7. The van der Waals surface area contributed by atoms with Crippen LogP contribution in [0.2, 0.25) is 0 Å². The Morgan fingerprint density at radius 2 is 1.80 bits per heavy atom. The number of imide groups is 1. The summed E-state index contributed by atoms with van der Waals surface area (Å²) in [7, 11) is 1.60. The van der Waals surface area contributed by atoms with Crippen LogP contribution in [-0.4, -0.2) is 50.4 Å². The van der Waals surface area contributed by atoms with Crippen LogP contribution in [0.4, 0.5) is 5.95 Å². The Kier molecular flexibility index (Phi) is 5.81. The highest BCUT2D eigenvalue weighted by Gasteiger charge is 2.43. The summed E-state index contributed by atoms with van der Waals surface area (Å²) >= 11 is 1.39. The molecule has 1 aliphatic heterocycles. The predicted octanol–water partition coefficient (Wildman–Crippen LogP) is 4.12. The maximum atomic E-state index is 13.4. The molecular formula is C25H23N5O4S. The van der Waals surface area contributed by atoms with Gasteiger partial charge in [-0.3, -0.25) is 24.6 Å². The van der Waals surface area contributed by atoms with Gasteiger partial charge in [-0.05, 0) is 36.6 Å². The molecule has 1 atom stereocenters. The van der Waals surface area contributed by atoms with Crippen molar-refractivity contribution in [1.29, 1.82) is 0 Å². The van der Waals surface area contributed by atoms with Gasteiger partial charge in [-0.25, -0.2) is 4.52 Å². The average molecular weight is 490 g/mol. The van der Waals surface area contributed by atoms with Crippen molar-refractivity contribution in [3.05, 3.63) is 65.0 Å². The molecule has 0 aliphatic carbocycles. The lowest BCUT2D eigenvalue weighted by molar-refractivity contribution is -0.120. The molecule has 1 N–H and O–H groups in total. The molecule has 0 spiro atoms. The number of thiazole rings is 1. The summed E-state index contributed by atoms with van der Waals surface area (Å²) < 4.78 is 6.96. The van der Waals surface area contributed by atoms with Gasteiger partial charge in [0.1, 0.15) is 11.8 Å². The van der Waals surface area contributed by atoms with Crippen molar-refractivity contribution >= 4 is 40.0 Å². The number of amides is 3. The number of ether oxygens (including phenoxy) is 1. The van der Waals surface area contributed by atoms with Gasteiger partial charge in [0.25, 0.3) is 17.8 Å². The van der Waals surface area contributed by atoms with Crippen molar-refractivity contribution in [1.82, 2.24) is 19.5 Å². The molecule has 1 unspecified atom stereocenters. The van der Waals surface area contributed by atoms with Crippen LogP contribution in [0.5, 0.6) is 5.75 Å². The molecule has 0 fully saturated rings. The second-order valence-electron chi connectivity index (χ2n) is 8.64. The van der Waals surface area contributed by atoms with Crippen molar-refractivity contribution in [3.63, 3.8) is 0 Å². The summed E-state index contributed by atoms with van der Waals surface area (Å²) in [5.41, 5.74) is 2.31. The topological polar surface area (TPSA) is 106 Å². The molecule has 2 aromatic heterocycles. The number of aromatic nitrogens is 3. The van der Waals surface area contributed by atoms with Crippen molar-refractivity contribution in [3.8, 4) is 17.0 Å². The summed E-state index contributed by atoms with van der Waals surface area (Å²) in [4.78, 5) is 45.5. The Labute approximate surface area is 205 Å². The van der Waals surface area contributed by atoms with Crippen LogP contribution < -0.4 is 10.1 Å². The molecule has 0 bridgehead atoms. The average Bonchev–Trinajstić information content (AvgIpc) is 3.49. The molecule has 0 saturated heterocycles. The quantitative estimate of drug-likeness (QED) is 0.392. The molecule has 1 aliphatic rings. The molecule has 2 aromatic carbocycles. The molecule has 4 aromatic rings. The van der Waals surface area contributed by atoms with Crippen LogP contribution in [0.15, 0.2) is 53.9 Å². The van der Waals surface area contributed by atoms with E-state index >= 15 is 0 Å². The van der Waals surface area contributed by atoms with E-state index in [4.69, 9.17) is 4.74 Å². The Balaban J connectivity index is 1.43. The van der Waals surface area contributed by atoms with Crippen molar-refractivity contribution in [2.45, 2.75) is 26.3 Å². The van der Waals surface area contributed by atoms with Gasteiger partial charge in [0.15, 0.2) is 0 Å². The standard InChI is InChI=1S/C25H23N5O4S/c1-14(2)11-19(29-22(32)17-9-4-5-10-18(17)23(29)33)21(31)26-24-27-25-30(28-24)20(13-35-25)15-7-6-8-16(12-15)34-3/h4-10,12-14,19H,11H2,1-3H3,(H,26,28,31). The van der Waals surface area contributed by atoms with Gasteiger partial charge in [-0.2, -0.15) is 4.98 Å². The smallest absolute Gasteiger partial charge is 0.262 e. The number of fused-ring (bicyclic) bond motifs is 2. The summed E-state index contributed by atoms with van der Waals surface area (Å²) in [6.45, 7) is 3.87. The number of nitrogens with zero attached hydrogens (tertiary/aromatic N) is 4. The number of benzene rings is 2. The van der Waals surface area contributed by atoms with Gasteiger partial charge >= 0.3 is 0 Å². The number of hydrogen-bond acceptors (Lipinski definition) is 7. The van der Waals surface area contributed by atoms with Crippen LogP contribution >= 0.6 is 11.3 Å². The fourth-order valence-corrected chi connectivity index (χ4v) is 5.01. The fourth-order valence-electron chi connectivity index (χ4n) is 4.18. The molecule has 0 radical (unpaired) electrons. The Bertz CT molecular complexity index is 1420. The number of carbonyl (C=O) groups excluding carboxylic acids is 3. The summed E-state index contributed by atoms with van der Waals surface area (Å²) in [6.07, 6.45) is 0.314. The number of carbonyl (C=O) groups is 3. The van der Waals surface area contributed by atoms with E-state index in [2.05, 4.69) is 15.4 Å². The summed E-state index contributed by atoms with van der Waals surface area (Å²) in [6, 6.07) is 13.2. The van der Waals surface area contributed by atoms with E-state index in [1.165, 1.54) is 11.3 Å². The van der Waals surface area contributed by atoms with Gasteiger partial charge in [-0.1, -0.05) is 38.1 Å². The maximum Gasteiger partial charge on any atom is 0.262 e. The second kappa shape index (κ2) is 8.95. The van der Waals surface area contributed by atoms with Crippen molar-refractivity contribution < 1.29 is 19.1 Å². The van der Waals surface area contributed by atoms with Gasteiger partial charge in [-0.15, -0.1) is 16.4 Å². The minimum absolute atomic E-state index is 0.0631. The zero-order valence-electron chi connectivity index (χ0n) is 19.4. The van der Waals surface area contributed by atoms with E-state index in [0.717, 1.165) is 16.2 Å². The zero-order valence-corrected chi connectivity index (χ0v) is 20.2. The number of rotatable bonds is 7. The van der Waals surface area contributed by atoms with Crippen LogP contribution in [0.25, 0.3) is 16.2 Å². The van der Waals surface area contributed by atoms with E-state index in [9.17, 15) is 14.4 Å². The first-order chi connectivity index (χ1) is 16.9. The van der Waals surface area contributed by atoms with E-state index < -0.39 is 23.8 Å². The van der Waals surface area contributed by atoms with Crippen LogP contribution in [-0.2, 0) is 4.79 Å². The highest BCUT2D eigenvalue weighted by atomic mass is 32.1. The minimum Gasteiger partial charge on any atom is -0.497 e. The third kappa shape index (κ3) is 4.06. The third-order valence-corrected chi connectivity index (χ3v) is 6.63. The van der Waals surface area contributed by atoms with Gasteiger partial charge < -0.3 is 4.74 Å². The molecule has 0 saturated carbocycles. The first-order valence-corrected chi connectivity index (χ1v) is 12.0. The number of anilines is 1. The molecular weight excluding hydrogens is 466 g/mol.